The number of nitrogens with two attached hydrogens (primary N) is 1. The molecule has 2 nitrogen and oxygen atoms in total. The van der Waals surface area contributed by atoms with Gasteiger partial charge in [-0.25, -0.2) is 0 Å². The number of anilines is 1. The van der Waals surface area contributed by atoms with Crippen LogP contribution in [-0.2, 0) is 12.7 Å². The Morgan fingerprint density at radius 1 is 1.25 bits per heavy atom. The highest BCUT2D eigenvalue weighted by molar-refractivity contribution is 5.52. The van der Waals surface area contributed by atoms with Crippen LogP contribution in [0.25, 0.3) is 0 Å². The number of benzene rings is 1. The van der Waals surface area contributed by atoms with E-state index < -0.39 is 11.7 Å². The fourth-order valence-corrected chi connectivity index (χ4v) is 2.70. The number of piperidine rings is 1. The number of hydrogen-bond acceptors (Lipinski definition) is 2. The Hall–Kier alpha value is -1.23. The molecular formula is C15H21F3N2. The second-order valence-corrected chi connectivity index (χ2v) is 5.73. The summed E-state index contributed by atoms with van der Waals surface area (Å²) in [7, 11) is 0. The zero-order valence-corrected chi connectivity index (χ0v) is 11.9. The van der Waals surface area contributed by atoms with Gasteiger partial charge < -0.3 is 10.6 Å². The lowest BCUT2D eigenvalue weighted by Crippen LogP contribution is -2.38. The number of nitrogens with zero attached hydrogens (tertiary/aromatic N) is 1. The summed E-state index contributed by atoms with van der Waals surface area (Å²) in [5.41, 5.74) is 5.59. The van der Waals surface area contributed by atoms with Gasteiger partial charge in [-0.05, 0) is 36.0 Å². The van der Waals surface area contributed by atoms with Crippen LogP contribution in [0.3, 0.4) is 0 Å². The second-order valence-electron chi connectivity index (χ2n) is 5.73. The lowest BCUT2D eigenvalue weighted by Gasteiger charge is -2.37. The van der Waals surface area contributed by atoms with Gasteiger partial charge in [-0.3, -0.25) is 0 Å². The van der Waals surface area contributed by atoms with Crippen molar-refractivity contribution >= 4 is 5.69 Å². The molecule has 1 aliphatic rings. The first kappa shape index (κ1) is 15.2. The van der Waals surface area contributed by atoms with Gasteiger partial charge in [0.25, 0.3) is 0 Å². The third-order valence-corrected chi connectivity index (χ3v) is 4.32. The van der Waals surface area contributed by atoms with Crippen molar-refractivity contribution in [1.82, 2.24) is 0 Å². The summed E-state index contributed by atoms with van der Waals surface area (Å²) < 4.78 is 39.1. The van der Waals surface area contributed by atoms with Crippen molar-refractivity contribution in [3.05, 3.63) is 29.3 Å². The fourth-order valence-electron chi connectivity index (χ4n) is 2.70. The highest BCUT2D eigenvalue weighted by Crippen LogP contribution is 2.36. The van der Waals surface area contributed by atoms with Crippen LogP contribution >= 0.6 is 0 Å². The van der Waals surface area contributed by atoms with Gasteiger partial charge >= 0.3 is 6.18 Å². The van der Waals surface area contributed by atoms with Crippen LogP contribution in [-0.4, -0.2) is 13.1 Å². The molecule has 1 aromatic rings. The molecular weight excluding hydrogens is 265 g/mol. The van der Waals surface area contributed by atoms with Gasteiger partial charge in [0, 0.05) is 25.3 Å². The van der Waals surface area contributed by atoms with E-state index in [0.717, 1.165) is 19.5 Å². The average molecular weight is 286 g/mol. The molecule has 112 valence electrons. The first-order chi connectivity index (χ1) is 9.32. The lowest BCUT2D eigenvalue weighted by molar-refractivity contribution is -0.138. The minimum absolute atomic E-state index is 0.0947. The molecule has 2 N–H and O–H groups in total. The predicted molar refractivity (Wildman–Crippen MR) is 74.5 cm³/mol. The fraction of sp³-hybridized carbons (Fsp3) is 0.600. The molecule has 0 bridgehead atoms. The molecule has 1 saturated heterocycles. The van der Waals surface area contributed by atoms with Gasteiger partial charge in [0.05, 0.1) is 5.56 Å². The molecule has 0 spiro atoms. The van der Waals surface area contributed by atoms with Crippen molar-refractivity contribution in [3.63, 3.8) is 0 Å². The molecule has 1 fully saturated rings. The summed E-state index contributed by atoms with van der Waals surface area (Å²) in [6.07, 6.45) is -3.33. The number of rotatable bonds is 2. The summed E-state index contributed by atoms with van der Waals surface area (Å²) in [5.74, 6) is 1.11. The molecule has 2 unspecified atom stereocenters. The molecule has 0 amide bonds. The quantitative estimate of drug-likeness (QED) is 0.899. The average Bonchev–Trinajstić information content (AvgIpc) is 2.40. The molecule has 2 rings (SSSR count). The van der Waals surface area contributed by atoms with Crippen molar-refractivity contribution in [3.8, 4) is 0 Å². The van der Waals surface area contributed by atoms with E-state index in [9.17, 15) is 13.2 Å². The van der Waals surface area contributed by atoms with Gasteiger partial charge in [-0.2, -0.15) is 13.2 Å². The largest absolute Gasteiger partial charge is 0.416 e. The zero-order valence-electron chi connectivity index (χ0n) is 11.9. The topological polar surface area (TPSA) is 29.3 Å². The van der Waals surface area contributed by atoms with E-state index in [1.807, 2.05) is 4.90 Å². The Balaban J connectivity index is 2.30. The minimum atomic E-state index is -4.35. The normalized spacial score (nSPS) is 24.0. The maximum Gasteiger partial charge on any atom is 0.416 e. The van der Waals surface area contributed by atoms with Gasteiger partial charge in [0.1, 0.15) is 0 Å². The molecule has 0 aromatic heterocycles. The minimum Gasteiger partial charge on any atom is -0.371 e. The van der Waals surface area contributed by atoms with Crippen molar-refractivity contribution in [1.29, 1.82) is 0 Å². The third-order valence-electron chi connectivity index (χ3n) is 4.32. The summed E-state index contributed by atoms with van der Waals surface area (Å²) in [6, 6.07) is 4.49. The summed E-state index contributed by atoms with van der Waals surface area (Å²) in [5, 5.41) is 0. The molecule has 5 heteroatoms. The molecule has 1 aromatic carbocycles. The Morgan fingerprint density at radius 2 is 1.95 bits per heavy atom. The first-order valence-corrected chi connectivity index (χ1v) is 6.98. The van der Waals surface area contributed by atoms with Gasteiger partial charge in [0.2, 0.25) is 0 Å². The number of halogens is 3. The van der Waals surface area contributed by atoms with Gasteiger partial charge in [-0.15, -0.1) is 0 Å². The second kappa shape index (κ2) is 5.64. The van der Waals surface area contributed by atoms with Crippen molar-refractivity contribution in [2.24, 2.45) is 17.6 Å². The molecule has 0 aliphatic carbocycles. The van der Waals surface area contributed by atoms with Crippen LogP contribution in [0.1, 0.15) is 31.4 Å². The molecule has 0 saturated carbocycles. The SMILES string of the molecule is CC1CCN(c2ccc(CN)c(C(F)(F)F)c2)CC1C. The van der Waals surface area contributed by atoms with E-state index in [2.05, 4.69) is 13.8 Å². The monoisotopic (exact) mass is 286 g/mol. The van der Waals surface area contributed by atoms with Crippen LogP contribution in [0, 0.1) is 11.8 Å². The van der Waals surface area contributed by atoms with Crippen molar-refractivity contribution in [2.75, 3.05) is 18.0 Å². The standard InChI is InChI=1S/C15H21F3N2/c1-10-5-6-20(9-11(10)2)13-4-3-12(8-19)14(7-13)15(16,17)18/h3-4,7,10-11H,5-6,8-9,19H2,1-2H3. The zero-order chi connectivity index (χ0) is 14.9. The summed E-state index contributed by atoms with van der Waals surface area (Å²) >= 11 is 0. The molecule has 20 heavy (non-hydrogen) atoms. The molecule has 1 aliphatic heterocycles. The first-order valence-electron chi connectivity index (χ1n) is 6.98. The van der Waals surface area contributed by atoms with Crippen molar-refractivity contribution in [2.45, 2.75) is 33.0 Å². The Kier molecular flexibility index (Phi) is 4.28. The van der Waals surface area contributed by atoms with Crippen molar-refractivity contribution < 1.29 is 13.2 Å². The van der Waals surface area contributed by atoms with Crippen LogP contribution in [0.5, 0.6) is 0 Å². The Labute approximate surface area is 117 Å². The highest BCUT2D eigenvalue weighted by atomic mass is 19.4. The highest BCUT2D eigenvalue weighted by Gasteiger charge is 2.34. The van der Waals surface area contributed by atoms with E-state index >= 15 is 0 Å². The maximum absolute atomic E-state index is 13.0. The van der Waals surface area contributed by atoms with Gasteiger partial charge in [-0.1, -0.05) is 19.9 Å². The maximum atomic E-state index is 13.0. The number of alkyl halides is 3. The van der Waals surface area contributed by atoms with Crippen LogP contribution in [0.15, 0.2) is 18.2 Å². The van der Waals surface area contributed by atoms with Gasteiger partial charge in [0.15, 0.2) is 0 Å². The smallest absolute Gasteiger partial charge is 0.371 e. The number of hydrogen-bond donors (Lipinski definition) is 1. The van der Waals surface area contributed by atoms with Crippen LogP contribution < -0.4 is 10.6 Å². The molecule has 2 atom stereocenters. The van der Waals surface area contributed by atoms with E-state index in [1.54, 1.807) is 6.07 Å². The van der Waals surface area contributed by atoms with E-state index in [-0.39, 0.29) is 12.1 Å². The van der Waals surface area contributed by atoms with E-state index in [0.29, 0.717) is 17.5 Å². The molecule has 1 heterocycles. The Bertz CT molecular complexity index is 471. The lowest BCUT2D eigenvalue weighted by atomic mass is 9.88. The van der Waals surface area contributed by atoms with Crippen LogP contribution in [0.4, 0.5) is 18.9 Å². The molecule has 0 radical (unpaired) electrons. The predicted octanol–water partition coefficient (Wildman–Crippen LogP) is 3.65. The third kappa shape index (κ3) is 3.08. The van der Waals surface area contributed by atoms with E-state index in [1.165, 1.54) is 12.1 Å². The summed E-state index contributed by atoms with van der Waals surface area (Å²) in [6.45, 7) is 5.87. The summed E-state index contributed by atoms with van der Waals surface area (Å²) in [4.78, 5) is 2.04. The van der Waals surface area contributed by atoms with E-state index in [4.69, 9.17) is 5.73 Å². The van der Waals surface area contributed by atoms with Crippen LogP contribution in [0.2, 0.25) is 0 Å². The Morgan fingerprint density at radius 3 is 2.50 bits per heavy atom.